The van der Waals surface area contributed by atoms with Crippen LogP contribution in [0.1, 0.15) is 47.2 Å². The molecule has 9 heteroatoms. The highest BCUT2D eigenvalue weighted by molar-refractivity contribution is 7.99. The number of aryl methyl sites for hydroxylation is 1. The molecule has 3 rings (SSSR count). The van der Waals surface area contributed by atoms with Gasteiger partial charge in [-0.05, 0) is 61.2 Å². The summed E-state index contributed by atoms with van der Waals surface area (Å²) in [5.74, 6) is 0.576. The number of nitrogens with one attached hydrogen (secondary N) is 2. The number of anilines is 1. The maximum Gasteiger partial charge on any atom is 0.251 e. The van der Waals surface area contributed by atoms with Crippen LogP contribution < -0.4 is 10.6 Å². The third-order valence-corrected chi connectivity index (χ3v) is 6.69. The van der Waals surface area contributed by atoms with E-state index in [2.05, 4.69) is 20.8 Å². The summed E-state index contributed by atoms with van der Waals surface area (Å²) in [7, 11) is 1.84. The first kappa shape index (κ1) is 24.8. The Hall–Kier alpha value is -2.84. The molecule has 7 nitrogen and oxygen atoms in total. The number of carbonyl (C=O) groups excluding carboxylic acids is 2. The minimum absolute atomic E-state index is 0.0783. The van der Waals surface area contributed by atoms with Crippen molar-refractivity contribution in [2.75, 3.05) is 11.1 Å². The van der Waals surface area contributed by atoms with Gasteiger partial charge in [0.05, 0.1) is 11.8 Å². The number of aromatic nitrogens is 3. The van der Waals surface area contributed by atoms with E-state index in [4.69, 9.17) is 11.6 Å². The van der Waals surface area contributed by atoms with Gasteiger partial charge in [-0.2, -0.15) is 0 Å². The van der Waals surface area contributed by atoms with E-state index in [1.54, 1.807) is 24.3 Å². The largest absolute Gasteiger partial charge is 0.342 e. The van der Waals surface area contributed by atoms with Crippen molar-refractivity contribution >= 4 is 40.9 Å². The molecule has 1 aromatic heterocycles. The van der Waals surface area contributed by atoms with Gasteiger partial charge in [0.2, 0.25) is 5.91 Å². The lowest BCUT2D eigenvalue weighted by Crippen LogP contribution is -2.33. The van der Waals surface area contributed by atoms with Crippen LogP contribution in [0.15, 0.2) is 47.6 Å². The maximum absolute atomic E-state index is 12.7. The zero-order valence-corrected chi connectivity index (χ0v) is 20.9. The van der Waals surface area contributed by atoms with E-state index in [0.29, 0.717) is 21.6 Å². The van der Waals surface area contributed by atoms with Crippen LogP contribution in [0.4, 0.5) is 5.69 Å². The highest BCUT2D eigenvalue weighted by Gasteiger charge is 2.25. The molecular formula is C24H28ClN5O2S. The lowest BCUT2D eigenvalue weighted by molar-refractivity contribution is -0.113. The van der Waals surface area contributed by atoms with Crippen LogP contribution in [0.2, 0.25) is 5.02 Å². The van der Waals surface area contributed by atoms with Gasteiger partial charge in [0, 0.05) is 23.3 Å². The molecule has 0 aliphatic rings. The lowest BCUT2D eigenvalue weighted by atomic mass is 10.0. The molecule has 0 aliphatic heterocycles. The Morgan fingerprint density at radius 2 is 1.79 bits per heavy atom. The maximum atomic E-state index is 12.7. The Bertz CT molecular complexity index is 1140. The molecule has 0 radical (unpaired) electrons. The van der Waals surface area contributed by atoms with Gasteiger partial charge in [-0.3, -0.25) is 9.59 Å². The smallest absolute Gasteiger partial charge is 0.251 e. The van der Waals surface area contributed by atoms with Gasteiger partial charge in [-0.15, -0.1) is 10.2 Å². The molecule has 33 heavy (non-hydrogen) atoms. The molecule has 0 unspecified atom stereocenters. The second-order valence-corrected chi connectivity index (χ2v) is 9.57. The third-order valence-electron chi connectivity index (χ3n) is 5.42. The lowest BCUT2D eigenvalue weighted by Gasteiger charge is -2.21. The summed E-state index contributed by atoms with van der Waals surface area (Å²) in [6, 6.07) is 12.2. The number of hydrogen-bond donors (Lipinski definition) is 2. The molecule has 0 bridgehead atoms. The molecule has 174 valence electrons. The van der Waals surface area contributed by atoms with Gasteiger partial charge in [0.1, 0.15) is 0 Å². The molecule has 2 amide bonds. The molecule has 2 N–H and O–H groups in total. The number of nitrogens with zero attached hydrogens (tertiary/aromatic N) is 3. The van der Waals surface area contributed by atoms with Crippen LogP contribution in [0.25, 0.3) is 0 Å². The Morgan fingerprint density at radius 3 is 2.45 bits per heavy atom. The fourth-order valence-corrected chi connectivity index (χ4v) is 4.12. The molecule has 0 saturated heterocycles. The van der Waals surface area contributed by atoms with E-state index in [1.165, 1.54) is 11.8 Å². The van der Waals surface area contributed by atoms with Gasteiger partial charge in [-0.1, -0.05) is 49.3 Å². The van der Waals surface area contributed by atoms with Crippen LogP contribution in [-0.2, 0) is 11.8 Å². The summed E-state index contributed by atoms with van der Waals surface area (Å²) in [4.78, 5) is 25.2. The highest BCUT2D eigenvalue weighted by Crippen LogP contribution is 2.25. The zero-order chi connectivity index (χ0) is 24.1. The summed E-state index contributed by atoms with van der Waals surface area (Å²) in [6.45, 7) is 8.01. The summed E-state index contributed by atoms with van der Waals surface area (Å²) >= 11 is 7.22. The normalized spacial score (nSPS) is 12.0. The Labute approximate surface area is 203 Å². The van der Waals surface area contributed by atoms with Crippen molar-refractivity contribution in [3.8, 4) is 0 Å². The van der Waals surface area contributed by atoms with Crippen molar-refractivity contribution in [2.24, 2.45) is 13.0 Å². The number of hydrogen-bond acceptors (Lipinski definition) is 5. The standard InChI is InChI=1S/C24H28ClN5O2S/c1-14(2)21(27-23(32)17-9-11-18(25)12-10-17)22-28-29-24(30(22)5)33-13-20(31)26-19-8-6-7-15(3)16(19)4/h6-12,14,21H,13H2,1-5H3,(H,26,31)(H,27,32)/t21-/m0/s1. The predicted molar refractivity (Wildman–Crippen MR) is 133 cm³/mol. The minimum Gasteiger partial charge on any atom is -0.342 e. The zero-order valence-electron chi connectivity index (χ0n) is 19.3. The predicted octanol–water partition coefficient (Wildman–Crippen LogP) is 4.94. The van der Waals surface area contributed by atoms with Crippen LogP contribution in [0.3, 0.4) is 0 Å². The molecule has 1 heterocycles. The van der Waals surface area contributed by atoms with E-state index in [9.17, 15) is 9.59 Å². The number of halogens is 1. The van der Waals surface area contributed by atoms with Crippen LogP contribution in [-0.4, -0.2) is 32.3 Å². The van der Waals surface area contributed by atoms with E-state index in [-0.39, 0.29) is 29.5 Å². The number of rotatable bonds is 8. The highest BCUT2D eigenvalue weighted by atomic mass is 35.5. The molecule has 0 saturated carbocycles. The van der Waals surface area contributed by atoms with Crippen molar-refractivity contribution in [1.82, 2.24) is 20.1 Å². The Kier molecular flexibility index (Phi) is 8.15. The molecule has 1 atom stereocenters. The van der Waals surface area contributed by atoms with Gasteiger partial charge >= 0.3 is 0 Å². The molecule has 3 aromatic rings. The van der Waals surface area contributed by atoms with Crippen LogP contribution in [0.5, 0.6) is 0 Å². The van der Waals surface area contributed by atoms with E-state index < -0.39 is 0 Å². The second kappa shape index (κ2) is 10.9. The summed E-state index contributed by atoms with van der Waals surface area (Å²) in [6.07, 6.45) is 0. The van der Waals surface area contributed by atoms with Crippen molar-refractivity contribution < 1.29 is 9.59 Å². The van der Waals surface area contributed by atoms with Gasteiger partial charge in [0.15, 0.2) is 11.0 Å². The SMILES string of the molecule is Cc1cccc(NC(=O)CSc2nnc([C@@H](NC(=O)c3ccc(Cl)cc3)C(C)C)n2C)c1C. The van der Waals surface area contributed by atoms with E-state index >= 15 is 0 Å². The summed E-state index contributed by atoms with van der Waals surface area (Å²) in [5, 5.41) is 15.7. The fourth-order valence-electron chi connectivity index (χ4n) is 3.28. The molecule has 2 aromatic carbocycles. The minimum atomic E-state index is -0.344. The average molecular weight is 486 g/mol. The number of thioether (sulfide) groups is 1. The first-order chi connectivity index (χ1) is 15.7. The first-order valence-electron chi connectivity index (χ1n) is 10.6. The molecular weight excluding hydrogens is 458 g/mol. The van der Waals surface area contributed by atoms with Crippen molar-refractivity contribution in [1.29, 1.82) is 0 Å². The fraction of sp³-hybridized carbons (Fsp3) is 0.333. The average Bonchev–Trinajstić information content (AvgIpc) is 3.14. The second-order valence-electron chi connectivity index (χ2n) is 8.19. The number of carbonyl (C=O) groups is 2. The molecule has 0 aliphatic carbocycles. The van der Waals surface area contributed by atoms with E-state index in [1.807, 2.05) is 57.5 Å². The Balaban J connectivity index is 1.67. The van der Waals surface area contributed by atoms with Crippen molar-refractivity contribution in [2.45, 2.75) is 38.9 Å². The molecule has 0 spiro atoms. The van der Waals surface area contributed by atoms with E-state index in [0.717, 1.165) is 16.8 Å². The molecule has 0 fully saturated rings. The summed E-state index contributed by atoms with van der Waals surface area (Å²) < 4.78 is 1.82. The van der Waals surface area contributed by atoms with Crippen molar-refractivity contribution in [3.05, 3.63) is 70.0 Å². The van der Waals surface area contributed by atoms with Gasteiger partial charge < -0.3 is 15.2 Å². The third kappa shape index (κ3) is 6.15. The summed E-state index contributed by atoms with van der Waals surface area (Å²) in [5.41, 5.74) is 3.50. The van der Waals surface area contributed by atoms with Gasteiger partial charge in [0.25, 0.3) is 5.91 Å². The Morgan fingerprint density at radius 1 is 1.09 bits per heavy atom. The number of amides is 2. The monoisotopic (exact) mass is 485 g/mol. The van der Waals surface area contributed by atoms with Crippen molar-refractivity contribution in [3.63, 3.8) is 0 Å². The quantitative estimate of drug-likeness (QED) is 0.441. The number of benzene rings is 2. The van der Waals surface area contributed by atoms with Crippen LogP contribution >= 0.6 is 23.4 Å². The van der Waals surface area contributed by atoms with Crippen LogP contribution in [0, 0.1) is 19.8 Å². The topological polar surface area (TPSA) is 88.9 Å². The van der Waals surface area contributed by atoms with Gasteiger partial charge in [-0.25, -0.2) is 0 Å². The first-order valence-corrected chi connectivity index (χ1v) is 12.0.